The largest absolute Gasteiger partial charge is 0.469 e. The summed E-state index contributed by atoms with van der Waals surface area (Å²) in [5.74, 6) is 0.914. The van der Waals surface area contributed by atoms with Gasteiger partial charge in [0.1, 0.15) is 5.76 Å². The quantitative estimate of drug-likeness (QED) is 0.553. The Morgan fingerprint density at radius 2 is 2.33 bits per heavy atom. The van der Waals surface area contributed by atoms with Crippen LogP contribution in [0.1, 0.15) is 23.6 Å². The molecule has 0 aromatic carbocycles. The normalized spacial score (nSPS) is 13.7. The van der Waals surface area contributed by atoms with Gasteiger partial charge in [-0.1, -0.05) is 0 Å². The average Bonchev–Trinajstić information content (AvgIpc) is 2.13. The van der Waals surface area contributed by atoms with E-state index in [4.69, 9.17) is 16.0 Å². The Kier molecular flexibility index (Phi) is 1.81. The molecule has 0 bridgehead atoms. The van der Waals surface area contributed by atoms with E-state index in [9.17, 15) is 0 Å². The molecule has 50 valence electrons. The Balaban J connectivity index is 2.94. The molecule has 1 aromatic rings. The summed E-state index contributed by atoms with van der Waals surface area (Å²) < 4.78 is 5.04. The Hall–Kier alpha value is -0.430. The minimum Gasteiger partial charge on any atom is -0.469 e. The second-order valence-corrected chi connectivity index (χ2v) is 2.70. The zero-order valence-corrected chi connectivity index (χ0v) is 6.27. The third-order valence-corrected chi connectivity index (χ3v) is 1.56. The first-order valence-corrected chi connectivity index (χ1v) is 3.33. The molecule has 1 atom stereocenters. The lowest BCUT2D eigenvalue weighted by atomic mass is 10.2. The van der Waals surface area contributed by atoms with Crippen molar-refractivity contribution in [1.29, 1.82) is 0 Å². The molecule has 0 N–H and O–H groups in total. The van der Waals surface area contributed by atoms with Crippen molar-refractivity contribution in [3.05, 3.63) is 23.7 Å². The molecule has 1 nitrogen and oxygen atoms in total. The van der Waals surface area contributed by atoms with E-state index < -0.39 is 0 Å². The molecule has 2 heteroatoms. The van der Waals surface area contributed by atoms with Crippen molar-refractivity contribution >= 4 is 11.6 Å². The van der Waals surface area contributed by atoms with E-state index in [0.29, 0.717) is 0 Å². The topological polar surface area (TPSA) is 13.1 Å². The summed E-state index contributed by atoms with van der Waals surface area (Å²) in [6.07, 6.45) is 1.66. The van der Waals surface area contributed by atoms with E-state index in [2.05, 4.69) is 0 Å². The highest BCUT2D eigenvalue weighted by Crippen LogP contribution is 2.22. The second kappa shape index (κ2) is 2.44. The van der Waals surface area contributed by atoms with E-state index in [1.807, 2.05) is 19.9 Å². The molecule has 1 unspecified atom stereocenters. The fraction of sp³-hybridized carbons (Fsp3) is 0.429. The van der Waals surface area contributed by atoms with Gasteiger partial charge >= 0.3 is 0 Å². The van der Waals surface area contributed by atoms with Crippen LogP contribution < -0.4 is 0 Å². The summed E-state index contributed by atoms with van der Waals surface area (Å²) in [5, 5.41) is 0.0590. The van der Waals surface area contributed by atoms with Crippen LogP contribution in [-0.4, -0.2) is 0 Å². The summed E-state index contributed by atoms with van der Waals surface area (Å²) in [5.41, 5.74) is 1.08. The van der Waals surface area contributed by atoms with Crippen molar-refractivity contribution in [2.75, 3.05) is 0 Å². The molecule has 0 spiro atoms. The monoisotopic (exact) mass is 144 g/mol. The van der Waals surface area contributed by atoms with Gasteiger partial charge in [-0.25, -0.2) is 0 Å². The lowest BCUT2D eigenvalue weighted by molar-refractivity contribution is 0.530. The molecular formula is C7H9ClO. The molecule has 1 heterocycles. The van der Waals surface area contributed by atoms with Crippen molar-refractivity contribution in [1.82, 2.24) is 0 Å². The number of halogens is 1. The van der Waals surface area contributed by atoms with Crippen LogP contribution >= 0.6 is 11.6 Å². The van der Waals surface area contributed by atoms with Crippen molar-refractivity contribution in [2.24, 2.45) is 0 Å². The van der Waals surface area contributed by atoms with Gasteiger partial charge in [0.15, 0.2) is 0 Å². The number of furan rings is 1. The van der Waals surface area contributed by atoms with Crippen molar-refractivity contribution in [3.63, 3.8) is 0 Å². The average molecular weight is 145 g/mol. The molecule has 0 radical (unpaired) electrons. The number of hydrogen-bond donors (Lipinski definition) is 0. The Bertz CT molecular complexity index is 191. The first-order valence-electron chi connectivity index (χ1n) is 2.90. The van der Waals surface area contributed by atoms with Crippen LogP contribution in [0.15, 0.2) is 16.7 Å². The van der Waals surface area contributed by atoms with Gasteiger partial charge in [-0.2, -0.15) is 0 Å². The third-order valence-electron chi connectivity index (χ3n) is 1.33. The number of rotatable bonds is 1. The molecule has 1 rings (SSSR count). The molecule has 9 heavy (non-hydrogen) atoms. The molecule has 0 aliphatic heterocycles. The first kappa shape index (κ1) is 6.69. The molecule has 0 fully saturated rings. The number of hydrogen-bond acceptors (Lipinski definition) is 1. The number of alkyl halides is 1. The number of aryl methyl sites for hydroxylation is 1. The minimum absolute atomic E-state index is 0.0590. The summed E-state index contributed by atoms with van der Waals surface area (Å²) >= 11 is 5.79. The first-order chi connectivity index (χ1) is 4.22. The van der Waals surface area contributed by atoms with Gasteiger partial charge in [0.2, 0.25) is 0 Å². The third kappa shape index (κ3) is 1.28. The van der Waals surface area contributed by atoms with Crippen LogP contribution in [-0.2, 0) is 0 Å². The van der Waals surface area contributed by atoms with Crippen molar-refractivity contribution < 1.29 is 4.42 Å². The van der Waals surface area contributed by atoms with Crippen molar-refractivity contribution in [2.45, 2.75) is 19.2 Å². The van der Waals surface area contributed by atoms with Gasteiger partial charge in [-0.15, -0.1) is 11.6 Å². The van der Waals surface area contributed by atoms with E-state index in [0.717, 1.165) is 11.3 Å². The van der Waals surface area contributed by atoms with Crippen LogP contribution in [0, 0.1) is 6.92 Å². The predicted molar refractivity (Wildman–Crippen MR) is 37.7 cm³/mol. The van der Waals surface area contributed by atoms with E-state index in [-0.39, 0.29) is 5.38 Å². The summed E-state index contributed by atoms with van der Waals surface area (Å²) in [6, 6.07) is 1.90. The van der Waals surface area contributed by atoms with Gasteiger partial charge in [-0.3, -0.25) is 0 Å². The fourth-order valence-electron chi connectivity index (χ4n) is 0.807. The van der Waals surface area contributed by atoms with Crippen LogP contribution in [0.25, 0.3) is 0 Å². The Labute approximate surface area is 59.6 Å². The smallest absolute Gasteiger partial charge is 0.105 e. The maximum atomic E-state index is 5.79. The fourth-order valence-corrected chi connectivity index (χ4v) is 1.03. The molecule has 0 amide bonds. The van der Waals surface area contributed by atoms with E-state index in [1.54, 1.807) is 6.26 Å². The molecular weight excluding hydrogens is 136 g/mol. The molecule has 1 aromatic heterocycles. The van der Waals surface area contributed by atoms with Crippen LogP contribution in [0.3, 0.4) is 0 Å². The Morgan fingerprint density at radius 3 is 2.56 bits per heavy atom. The highest BCUT2D eigenvalue weighted by atomic mass is 35.5. The maximum absolute atomic E-state index is 5.79. The van der Waals surface area contributed by atoms with Gasteiger partial charge in [0, 0.05) is 5.56 Å². The summed E-state index contributed by atoms with van der Waals surface area (Å²) in [4.78, 5) is 0. The Morgan fingerprint density at radius 1 is 1.67 bits per heavy atom. The van der Waals surface area contributed by atoms with Crippen LogP contribution in [0.5, 0.6) is 0 Å². The highest BCUT2D eigenvalue weighted by Gasteiger charge is 2.05. The zero-order valence-electron chi connectivity index (χ0n) is 5.52. The standard InChI is InChI=1S/C7H9ClO/c1-5(8)7-3-4-9-6(7)2/h3-5H,1-2H3. The van der Waals surface area contributed by atoms with Gasteiger partial charge in [0.05, 0.1) is 11.6 Å². The molecule has 0 saturated heterocycles. The van der Waals surface area contributed by atoms with Gasteiger partial charge in [-0.05, 0) is 19.9 Å². The molecule has 0 aliphatic carbocycles. The lowest BCUT2D eigenvalue weighted by Gasteiger charge is -1.97. The van der Waals surface area contributed by atoms with Gasteiger partial charge in [0.25, 0.3) is 0 Å². The SMILES string of the molecule is Cc1occc1C(C)Cl. The zero-order chi connectivity index (χ0) is 6.85. The second-order valence-electron chi connectivity index (χ2n) is 2.05. The van der Waals surface area contributed by atoms with E-state index in [1.165, 1.54) is 0 Å². The van der Waals surface area contributed by atoms with E-state index >= 15 is 0 Å². The molecule has 0 saturated carbocycles. The highest BCUT2D eigenvalue weighted by molar-refractivity contribution is 6.20. The lowest BCUT2D eigenvalue weighted by Crippen LogP contribution is -1.81. The van der Waals surface area contributed by atoms with Gasteiger partial charge < -0.3 is 4.42 Å². The van der Waals surface area contributed by atoms with Crippen LogP contribution in [0.4, 0.5) is 0 Å². The minimum atomic E-state index is 0.0590. The predicted octanol–water partition coefficient (Wildman–Crippen LogP) is 2.89. The van der Waals surface area contributed by atoms with Crippen LogP contribution in [0.2, 0.25) is 0 Å². The molecule has 0 aliphatic rings. The maximum Gasteiger partial charge on any atom is 0.105 e. The summed E-state index contributed by atoms with van der Waals surface area (Å²) in [7, 11) is 0. The summed E-state index contributed by atoms with van der Waals surface area (Å²) in [6.45, 7) is 3.84. The van der Waals surface area contributed by atoms with Crippen molar-refractivity contribution in [3.8, 4) is 0 Å².